The molecular formula is C16H12ClN3O3. The van der Waals surface area contributed by atoms with E-state index in [1.807, 2.05) is 12.1 Å². The van der Waals surface area contributed by atoms with Crippen LogP contribution in [0.25, 0.3) is 5.69 Å². The zero-order chi connectivity index (χ0) is 16.2. The molecule has 0 spiro atoms. The van der Waals surface area contributed by atoms with Crippen LogP contribution in [0.15, 0.2) is 64.3 Å². The lowest BCUT2D eigenvalue weighted by molar-refractivity contribution is 0.304. The second-order valence-electron chi connectivity index (χ2n) is 4.73. The van der Waals surface area contributed by atoms with Crippen LogP contribution in [0.5, 0.6) is 5.75 Å². The predicted octanol–water partition coefficient (Wildman–Crippen LogP) is 2.15. The highest BCUT2D eigenvalue weighted by Gasteiger charge is 2.09. The van der Waals surface area contributed by atoms with Crippen LogP contribution < -0.4 is 16.0 Å². The number of benzene rings is 2. The lowest BCUT2D eigenvalue weighted by Crippen LogP contribution is -2.30. The van der Waals surface area contributed by atoms with Gasteiger partial charge in [-0.25, -0.2) is 4.79 Å². The van der Waals surface area contributed by atoms with Crippen molar-refractivity contribution in [1.82, 2.24) is 14.8 Å². The molecule has 0 amide bonds. The second kappa shape index (κ2) is 6.50. The van der Waals surface area contributed by atoms with Crippen molar-refractivity contribution in [3.05, 3.63) is 86.2 Å². The summed E-state index contributed by atoms with van der Waals surface area (Å²) >= 11 is 5.85. The Balaban J connectivity index is 1.90. The number of para-hydroxylation sites is 2. The number of hydrogen-bond acceptors (Lipinski definition) is 4. The van der Waals surface area contributed by atoms with E-state index in [9.17, 15) is 9.59 Å². The normalized spacial score (nSPS) is 10.5. The molecule has 3 rings (SSSR count). The minimum absolute atomic E-state index is 0.312. The molecule has 1 N–H and O–H groups in total. The van der Waals surface area contributed by atoms with Crippen molar-refractivity contribution in [3.63, 3.8) is 0 Å². The molecule has 23 heavy (non-hydrogen) atoms. The Kier molecular flexibility index (Phi) is 4.25. The van der Waals surface area contributed by atoms with Crippen LogP contribution in [0, 0.1) is 0 Å². The van der Waals surface area contributed by atoms with Crippen molar-refractivity contribution in [3.8, 4) is 11.4 Å². The van der Waals surface area contributed by atoms with Gasteiger partial charge in [-0.15, -0.1) is 0 Å². The van der Waals surface area contributed by atoms with Crippen molar-refractivity contribution >= 4 is 11.6 Å². The average Bonchev–Trinajstić information content (AvgIpc) is 2.55. The maximum absolute atomic E-state index is 11.9. The molecule has 1 heterocycles. The van der Waals surface area contributed by atoms with Crippen LogP contribution in [0.1, 0.15) is 5.56 Å². The second-order valence-corrected chi connectivity index (χ2v) is 5.17. The monoisotopic (exact) mass is 329 g/mol. The first kappa shape index (κ1) is 15.1. The molecule has 2 aromatic carbocycles. The zero-order valence-corrected chi connectivity index (χ0v) is 12.7. The minimum Gasteiger partial charge on any atom is -0.487 e. The Morgan fingerprint density at radius 3 is 2.57 bits per heavy atom. The summed E-state index contributed by atoms with van der Waals surface area (Å²) in [5.74, 6) is 0.476. The van der Waals surface area contributed by atoms with Crippen LogP contribution in [0.4, 0.5) is 0 Å². The fourth-order valence-corrected chi connectivity index (χ4v) is 2.15. The standard InChI is InChI=1S/C16H12ClN3O3/c17-12-7-5-11(6-8-12)10-23-14-4-2-1-3-13(14)20-16(22)19-15(21)9-18-20/h1-9H,10H2,(H,19,21,22). The number of aromatic amines is 1. The SMILES string of the molecule is O=c1cnn(-c2ccccc2OCc2ccc(Cl)cc2)c(=O)[nH]1. The van der Waals surface area contributed by atoms with Gasteiger partial charge >= 0.3 is 5.69 Å². The molecule has 0 fully saturated rings. The van der Waals surface area contributed by atoms with Crippen LogP contribution in [0.2, 0.25) is 5.02 Å². The number of halogens is 1. The third kappa shape index (κ3) is 3.49. The first-order chi connectivity index (χ1) is 11.1. The summed E-state index contributed by atoms with van der Waals surface area (Å²) in [4.78, 5) is 25.2. The van der Waals surface area contributed by atoms with E-state index in [2.05, 4.69) is 10.1 Å². The van der Waals surface area contributed by atoms with E-state index < -0.39 is 11.2 Å². The summed E-state index contributed by atoms with van der Waals surface area (Å²) in [6.07, 6.45) is 1.04. The number of H-pyrrole nitrogens is 1. The van der Waals surface area contributed by atoms with E-state index in [4.69, 9.17) is 16.3 Å². The molecule has 1 aromatic heterocycles. The first-order valence-corrected chi connectivity index (χ1v) is 7.16. The van der Waals surface area contributed by atoms with Gasteiger partial charge in [0.2, 0.25) is 0 Å². The maximum atomic E-state index is 11.9. The van der Waals surface area contributed by atoms with E-state index in [1.165, 1.54) is 0 Å². The van der Waals surface area contributed by atoms with Crippen molar-refractivity contribution in [2.45, 2.75) is 6.61 Å². The third-order valence-corrected chi connectivity index (χ3v) is 3.37. The van der Waals surface area contributed by atoms with Gasteiger partial charge in [0.15, 0.2) is 0 Å². The summed E-state index contributed by atoms with van der Waals surface area (Å²) in [5.41, 5.74) is 0.208. The number of aromatic nitrogens is 3. The molecule has 0 bridgehead atoms. The molecule has 3 aromatic rings. The van der Waals surface area contributed by atoms with Gasteiger partial charge in [0, 0.05) is 5.02 Å². The number of rotatable bonds is 4. The molecule has 116 valence electrons. The van der Waals surface area contributed by atoms with Gasteiger partial charge in [-0.2, -0.15) is 9.78 Å². The molecule has 7 heteroatoms. The Hall–Kier alpha value is -2.86. The topological polar surface area (TPSA) is 77.0 Å². The molecule has 0 atom stereocenters. The van der Waals surface area contributed by atoms with Crippen LogP contribution in [-0.4, -0.2) is 14.8 Å². The highest BCUT2D eigenvalue weighted by Crippen LogP contribution is 2.21. The molecule has 0 unspecified atom stereocenters. The fourth-order valence-electron chi connectivity index (χ4n) is 2.02. The van der Waals surface area contributed by atoms with Crippen molar-refractivity contribution in [1.29, 1.82) is 0 Å². The van der Waals surface area contributed by atoms with Crippen LogP contribution in [-0.2, 0) is 6.61 Å². The Morgan fingerprint density at radius 2 is 1.83 bits per heavy atom. The predicted molar refractivity (Wildman–Crippen MR) is 86.2 cm³/mol. The van der Waals surface area contributed by atoms with E-state index in [0.29, 0.717) is 23.1 Å². The first-order valence-electron chi connectivity index (χ1n) is 6.79. The maximum Gasteiger partial charge on any atom is 0.349 e. The molecule has 0 saturated carbocycles. The van der Waals surface area contributed by atoms with Crippen molar-refractivity contribution in [2.75, 3.05) is 0 Å². The van der Waals surface area contributed by atoms with Gasteiger partial charge < -0.3 is 4.74 Å². The molecular weight excluding hydrogens is 318 g/mol. The molecule has 0 saturated heterocycles. The van der Waals surface area contributed by atoms with E-state index >= 15 is 0 Å². The molecule has 0 aliphatic carbocycles. The minimum atomic E-state index is -0.625. The van der Waals surface area contributed by atoms with Gasteiger partial charge in [-0.05, 0) is 29.8 Å². The summed E-state index contributed by atoms with van der Waals surface area (Å²) < 4.78 is 6.85. The van der Waals surface area contributed by atoms with Gasteiger partial charge in [0.1, 0.15) is 24.2 Å². The Labute approximate surface area is 135 Å². The lowest BCUT2D eigenvalue weighted by Gasteiger charge is -2.11. The number of nitrogens with zero attached hydrogens (tertiary/aromatic N) is 2. The van der Waals surface area contributed by atoms with Gasteiger partial charge in [0.25, 0.3) is 5.56 Å². The molecule has 0 aliphatic rings. The van der Waals surface area contributed by atoms with Gasteiger partial charge in [-0.1, -0.05) is 35.9 Å². The summed E-state index contributed by atoms with van der Waals surface area (Å²) in [6, 6.07) is 14.2. The van der Waals surface area contributed by atoms with Crippen LogP contribution >= 0.6 is 11.6 Å². The smallest absolute Gasteiger partial charge is 0.349 e. The largest absolute Gasteiger partial charge is 0.487 e. The Bertz CT molecular complexity index is 932. The highest BCUT2D eigenvalue weighted by molar-refractivity contribution is 6.30. The average molecular weight is 330 g/mol. The fraction of sp³-hybridized carbons (Fsp3) is 0.0625. The summed E-state index contributed by atoms with van der Waals surface area (Å²) in [5, 5.41) is 4.49. The van der Waals surface area contributed by atoms with Crippen LogP contribution in [0.3, 0.4) is 0 Å². The lowest BCUT2D eigenvalue weighted by atomic mass is 10.2. The number of nitrogens with one attached hydrogen (secondary N) is 1. The van der Waals surface area contributed by atoms with E-state index in [1.54, 1.807) is 36.4 Å². The van der Waals surface area contributed by atoms with Gasteiger partial charge in [0.05, 0.1) is 0 Å². The molecule has 6 nitrogen and oxygen atoms in total. The zero-order valence-electron chi connectivity index (χ0n) is 11.9. The van der Waals surface area contributed by atoms with E-state index in [0.717, 1.165) is 16.4 Å². The Morgan fingerprint density at radius 1 is 1.09 bits per heavy atom. The van der Waals surface area contributed by atoms with Crippen molar-refractivity contribution in [2.24, 2.45) is 0 Å². The van der Waals surface area contributed by atoms with Crippen molar-refractivity contribution < 1.29 is 4.74 Å². The number of hydrogen-bond donors (Lipinski definition) is 1. The third-order valence-electron chi connectivity index (χ3n) is 3.11. The molecule has 0 radical (unpaired) electrons. The summed E-state index contributed by atoms with van der Waals surface area (Å²) in [6.45, 7) is 0.312. The number of ether oxygens (including phenoxy) is 1. The quantitative estimate of drug-likeness (QED) is 0.795. The van der Waals surface area contributed by atoms with E-state index in [-0.39, 0.29) is 0 Å². The van der Waals surface area contributed by atoms with Gasteiger partial charge in [-0.3, -0.25) is 9.78 Å². The summed E-state index contributed by atoms with van der Waals surface area (Å²) in [7, 11) is 0. The molecule has 0 aliphatic heterocycles. The highest BCUT2D eigenvalue weighted by atomic mass is 35.5.